The molecule has 4 rings (SSSR count). The second kappa shape index (κ2) is 6.63. The van der Waals surface area contributed by atoms with Gasteiger partial charge in [-0.05, 0) is 68.6 Å². The van der Waals surface area contributed by atoms with Crippen LogP contribution in [0.3, 0.4) is 0 Å². The van der Waals surface area contributed by atoms with Crippen molar-refractivity contribution in [3.63, 3.8) is 0 Å². The molecule has 3 fully saturated rings. The van der Waals surface area contributed by atoms with Crippen molar-refractivity contribution in [3.8, 4) is 0 Å². The number of rotatable bonds is 2. The van der Waals surface area contributed by atoms with Crippen molar-refractivity contribution in [1.29, 1.82) is 0 Å². The van der Waals surface area contributed by atoms with E-state index in [9.17, 15) is 9.59 Å². The Bertz CT molecular complexity index is 680. The van der Waals surface area contributed by atoms with E-state index < -0.39 is 0 Å². The summed E-state index contributed by atoms with van der Waals surface area (Å²) >= 11 is 0. The van der Waals surface area contributed by atoms with Gasteiger partial charge in [-0.25, -0.2) is 0 Å². The molecule has 0 aromatic heterocycles. The van der Waals surface area contributed by atoms with Gasteiger partial charge in [0.15, 0.2) is 0 Å². The first kappa shape index (κ1) is 19.0. The molecule has 0 spiro atoms. The molecule has 4 aliphatic rings. The highest BCUT2D eigenvalue weighted by Gasteiger charge is 2.56. The van der Waals surface area contributed by atoms with Crippen molar-refractivity contribution in [3.05, 3.63) is 11.1 Å². The molecule has 0 amide bonds. The third-order valence-corrected chi connectivity index (χ3v) is 8.32. The topological polar surface area (TPSA) is 52.6 Å². The van der Waals surface area contributed by atoms with Crippen molar-refractivity contribution in [2.45, 2.75) is 97.7 Å². The van der Waals surface area contributed by atoms with Gasteiger partial charge in [-0.1, -0.05) is 31.4 Å². The minimum absolute atomic E-state index is 0.0632. The van der Waals surface area contributed by atoms with Gasteiger partial charge in [0.1, 0.15) is 12.2 Å². The summed E-state index contributed by atoms with van der Waals surface area (Å²) in [5.74, 6) is 0.909. The average Bonchev–Trinajstić information content (AvgIpc) is 2.96. The smallest absolute Gasteiger partial charge is 0.302 e. The number of carbonyl (C=O) groups excluding carboxylic acids is 2. The molecule has 0 bridgehead atoms. The van der Waals surface area contributed by atoms with Crippen LogP contribution in [0.4, 0.5) is 0 Å². The summed E-state index contributed by atoms with van der Waals surface area (Å²) in [6, 6.07) is 0. The van der Waals surface area contributed by atoms with Gasteiger partial charge < -0.3 is 9.47 Å². The third-order valence-electron chi connectivity index (χ3n) is 8.32. The zero-order chi connectivity index (χ0) is 19.4. The molecule has 0 aromatic rings. The summed E-state index contributed by atoms with van der Waals surface area (Å²) < 4.78 is 11.5. The maximum Gasteiger partial charge on any atom is 0.302 e. The zero-order valence-electron chi connectivity index (χ0n) is 17.3. The number of carbonyl (C=O) groups is 2. The lowest BCUT2D eigenvalue weighted by Crippen LogP contribution is -2.51. The molecule has 4 nitrogen and oxygen atoms in total. The predicted molar refractivity (Wildman–Crippen MR) is 103 cm³/mol. The molecule has 4 heteroatoms. The Hall–Kier alpha value is -1.32. The van der Waals surface area contributed by atoms with E-state index in [-0.39, 0.29) is 29.6 Å². The maximum absolute atomic E-state index is 11.9. The first-order valence-corrected chi connectivity index (χ1v) is 10.8. The van der Waals surface area contributed by atoms with Gasteiger partial charge in [0.05, 0.1) is 0 Å². The van der Waals surface area contributed by atoms with Crippen LogP contribution < -0.4 is 0 Å². The SMILES string of the molecule is CC(=O)O[C@H]1CCC2=C3CC[C@]4(C)CCC[C@@H]4[C@@H]3C[C@H](OC(C)=O)[C@]2(C)C1. The number of allylic oxidation sites excluding steroid dienone is 1. The Morgan fingerprint density at radius 2 is 1.74 bits per heavy atom. The highest BCUT2D eigenvalue weighted by molar-refractivity contribution is 5.67. The fourth-order valence-electron chi connectivity index (χ4n) is 7.13. The van der Waals surface area contributed by atoms with Crippen molar-refractivity contribution in [2.75, 3.05) is 0 Å². The highest BCUT2D eigenvalue weighted by atomic mass is 16.5. The molecule has 4 aliphatic carbocycles. The van der Waals surface area contributed by atoms with E-state index >= 15 is 0 Å². The van der Waals surface area contributed by atoms with Gasteiger partial charge in [0.25, 0.3) is 0 Å². The molecule has 150 valence electrons. The molecule has 0 N–H and O–H groups in total. The molecule has 27 heavy (non-hydrogen) atoms. The number of hydrogen-bond donors (Lipinski definition) is 0. The van der Waals surface area contributed by atoms with Crippen LogP contribution in [0.15, 0.2) is 11.1 Å². The van der Waals surface area contributed by atoms with Gasteiger partial charge in [-0.15, -0.1) is 0 Å². The molecule has 6 atom stereocenters. The van der Waals surface area contributed by atoms with E-state index in [0.717, 1.165) is 31.6 Å². The molecule has 0 unspecified atom stereocenters. The molecular weight excluding hydrogens is 340 g/mol. The Balaban J connectivity index is 1.71. The molecule has 0 radical (unpaired) electrons. The van der Waals surface area contributed by atoms with Crippen molar-refractivity contribution in [2.24, 2.45) is 22.7 Å². The van der Waals surface area contributed by atoms with E-state index in [2.05, 4.69) is 13.8 Å². The minimum atomic E-state index is -0.211. The van der Waals surface area contributed by atoms with Crippen LogP contribution in [0.25, 0.3) is 0 Å². The Labute approximate surface area is 163 Å². The zero-order valence-corrected chi connectivity index (χ0v) is 17.3. The Kier molecular flexibility index (Phi) is 4.67. The Morgan fingerprint density at radius 3 is 2.44 bits per heavy atom. The van der Waals surface area contributed by atoms with Crippen LogP contribution in [0.5, 0.6) is 0 Å². The summed E-state index contributed by atoms with van der Waals surface area (Å²) in [6.45, 7) is 7.74. The lowest BCUT2D eigenvalue weighted by atomic mass is 9.52. The monoisotopic (exact) mass is 374 g/mol. The Morgan fingerprint density at radius 1 is 1.00 bits per heavy atom. The van der Waals surface area contributed by atoms with Crippen LogP contribution in [-0.4, -0.2) is 24.1 Å². The molecule has 0 saturated heterocycles. The van der Waals surface area contributed by atoms with Crippen molar-refractivity contribution < 1.29 is 19.1 Å². The standard InChI is InChI=1S/C23H34O4/c1-14(24)26-16-7-8-20-17-9-11-22(3)10-5-6-19(22)18(17)12-21(27-15(2)25)23(20,4)13-16/h16,18-19,21H,5-13H2,1-4H3/t16-,18+,19+,21-,22-,23+/m0/s1. The van der Waals surface area contributed by atoms with E-state index in [4.69, 9.17) is 9.47 Å². The molecule has 3 saturated carbocycles. The van der Waals surface area contributed by atoms with Gasteiger partial charge in [0.2, 0.25) is 0 Å². The largest absolute Gasteiger partial charge is 0.463 e. The molecule has 0 heterocycles. The summed E-state index contributed by atoms with van der Waals surface area (Å²) in [5, 5.41) is 0. The number of ether oxygens (including phenoxy) is 2. The fourth-order valence-corrected chi connectivity index (χ4v) is 7.13. The number of fused-ring (bicyclic) bond motifs is 4. The average molecular weight is 375 g/mol. The lowest BCUT2D eigenvalue weighted by molar-refractivity contribution is -0.162. The summed E-state index contributed by atoms with van der Waals surface area (Å²) in [5.41, 5.74) is 3.48. The van der Waals surface area contributed by atoms with E-state index in [1.807, 2.05) is 0 Å². The molecule has 0 aromatic carbocycles. The van der Waals surface area contributed by atoms with Crippen molar-refractivity contribution >= 4 is 11.9 Å². The maximum atomic E-state index is 11.9. The summed E-state index contributed by atoms with van der Waals surface area (Å²) in [4.78, 5) is 23.4. The quantitative estimate of drug-likeness (QED) is 0.506. The highest BCUT2D eigenvalue weighted by Crippen LogP contribution is 2.63. The lowest BCUT2D eigenvalue weighted by Gasteiger charge is -2.55. The molecule has 0 aliphatic heterocycles. The first-order valence-electron chi connectivity index (χ1n) is 10.8. The number of hydrogen-bond acceptors (Lipinski definition) is 4. The van der Waals surface area contributed by atoms with Crippen LogP contribution in [-0.2, 0) is 19.1 Å². The minimum Gasteiger partial charge on any atom is -0.463 e. The summed E-state index contributed by atoms with van der Waals surface area (Å²) in [7, 11) is 0. The van der Waals surface area contributed by atoms with Crippen LogP contribution >= 0.6 is 0 Å². The fraction of sp³-hybridized carbons (Fsp3) is 0.826. The van der Waals surface area contributed by atoms with Crippen molar-refractivity contribution in [1.82, 2.24) is 0 Å². The predicted octanol–water partition coefficient (Wildman–Crippen LogP) is 4.96. The van der Waals surface area contributed by atoms with E-state index in [0.29, 0.717) is 11.3 Å². The summed E-state index contributed by atoms with van der Waals surface area (Å²) in [6.07, 6.45) is 9.94. The van der Waals surface area contributed by atoms with Gasteiger partial charge in [0, 0.05) is 19.3 Å². The second-order valence-electron chi connectivity index (χ2n) is 9.99. The molecular formula is C23H34O4. The van der Waals surface area contributed by atoms with Gasteiger partial charge in [-0.3, -0.25) is 9.59 Å². The van der Waals surface area contributed by atoms with E-state index in [1.165, 1.54) is 51.5 Å². The normalized spacial score (nSPS) is 43.4. The van der Waals surface area contributed by atoms with Crippen LogP contribution in [0.2, 0.25) is 0 Å². The van der Waals surface area contributed by atoms with Crippen LogP contribution in [0.1, 0.15) is 85.5 Å². The third kappa shape index (κ3) is 3.13. The van der Waals surface area contributed by atoms with Gasteiger partial charge in [-0.2, -0.15) is 0 Å². The van der Waals surface area contributed by atoms with E-state index in [1.54, 1.807) is 5.57 Å². The first-order chi connectivity index (χ1) is 12.7. The number of esters is 2. The van der Waals surface area contributed by atoms with Gasteiger partial charge >= 0.3 is 11.9 Å². The second-order valence-corrected chi connectivity index (χ2v) is 9.99. The van der Waals surface area contributed by atoms with Crippen LogP contribution in [0, 0.1) is 22.7 Å².